The van der Waals surface area contributed by atoms with Crippen LogP contribution in [0.1, 0.15) is 21.5 Å². The minimum absolute atomic E-state index is 0.0784. The summed E-state index contributed by atoms with van der Waals surface area (Å²) in [5, 5.41) is 12.8. The Morgan fingerprint density at radius 1 is 1.38 bits per heavy atom. The van der Waals surface area contributed by atoms with Crippen LogP contribution in [0.5, 0.6) is 0 Å². The summed E-state index contributed by atoms with van der Waals surface area (Å²) in [5.74, 6) is -1.17. The van der Waals surface area contributed by atoms with Crippen molar-refractivity contribution in [3.8, 4) is 0 Å². The van der Waals surface area contributed by atoms with Gasteiger partial charge in [0, 0.05) is 11.0 Å². The summed E-state index contributed by atoms with van der Waals surface area (Å²) >= 11 is 4.64. The first-order chi connectivity index (χ1) is 9.81. The van der Waals surface area contributed by atoms with Crippen LogP contribution in [0.15, 0.2) is 38.3 Å². The van der Waals surface area contributed by atoms with E-state index in [1.807, 2.05) is 17.7 Å². The van der Waals surface area contributed by atoms with Gasteiger partial charge in [0.05, 0.1) is 10.5 Å². The van der Waals surface area contributed by atoms with Gasteiger partial charge in [0.25, 0.3) is 0 Å². The number of aryl methyl sites for hydroxylation is 1. The molecule has 5 nitrogen and oxygen atoms in total. The molecule has 1 aromatic carbocycles. The minimum Gasteiger partial charge on any atom is -0.478 e. The molecule has 0 fully saturated rings. The molecule has 0 amide bonds. The van der Waals surface area contributed by atoms with E-state index in [1.165, 1.54) is 23.5 Å². The SMILES string of the molecule is Cc1cscc1CNS(=O)(=O)c1cc(C(=O)O)ccc1Br. The van der Waals surface area contributed by atoms with Crippen LogP contribution in [0.4, 0.5) is 0 Å². The van der Waals surface area contributed by atoms with Crippen LogP contribution in [0, 0.1) is 6.92 Å². The average Bonchev–Trinajstić information content (AvgIpc) is 2.82. The van der Waals surface area contributed by atoms with E-state index in [-0.39, 0.29) is 17.0 Å². The Hall–Kier alpha value is -1.22. The molecule has 21 heavy (non-hydrogen) atoms. The van der Waals surface area contributed by atoms with Crippen molar-refractivity contribution in [2.45, 2.75) is 18.4 Å². The van der Waals surface area contributed by atoms with Gasteiger partial charge in [-0.3, -0.25) is 0 Å². The highest BCUT2D eigenvalue weighted by atomic mass is 79.9. The fraction of sp³-hybridized carbons (Fsp3) is 0.154. The summed E-state index contributed by atoms with van der Waals surface area (Å²) < 4.78 is 27.4. The fourth-order valence-corrected chi connectivity index (χ4v) is 4.51. The van der Waals surface area contributed by atoms with Crippen LogP contribution in [0.25, 0.3) is 0 Å². The second-order valence-corrected chi connectivity index (χ2v) is 7.69. The van der Waals surface area contributed by atoms with Crippen LogP contribution in [-0.4, -0.2) is 19.5 Å². The van der Waals surface area contributed by atoms with E-state index >= 15 is 0 Å². The van der Waals surface area contributed by atoms with Crippen LogP contribution < -0.4 is 4.72 Å². The molecule has 0 bridgehead atoms. The summed E-state index contributed by atoms with van der Waals surface area (Å²) in [4.78, 5) is 10.9. The number of nitrogens with one attached hydrogen (secondary N) is 1. The molecule has 112 valence electrons. The maximum Gasteiger partial charge on any atom is 0.335 e. The van der Waals surface area contributed by atoms with E-state index in [0.717, 1.165) is 17.2 Å². The van der Waals surface area contributed by atoms with Gasteiger partial charge in [0.15, 0.2) is 0 Å². The lowest BCUT2D eigenvalue weighted by Crippen LogP contribution is -2.24. The van der Waals surface area contributed by atoms with Crippen molar-refractivity contribution in [2.75, 3.05) is 0 Å². The summed E-state index contributed by atoms with van der Waals surface area (Å²) in [7, 11) is -3.80. The van der Waals surface area contributed by atoms with Crippen LogP contribution in [-0.2, 0) is 16.6 Å². The highest BCUT2D eigenvalue weighted by Crippen LogP contribution is 2.24. The number of carboxylic acids is 1. The van der Waals surface area contributed by atoms with Crippen molar-refractivity contribution < 1.29 is 18.3 Å². The van der Waals surface area contributed by atoms with Crippen LogP contribution in [0.2, 0.25) is 0 Å². The standard InChI is InChI=1S/C13H12BrNO4S2/c1-8-6-20-7-10(8)5-15-21(18,19)12-4-9(13(16)17)2-3-11(12)14/h2-4,6-7,15H,5H2,1H3,(H,16,17). The second-order valence-electron chi connectivity index (χ2n) is 4.35. The molecule has 0 radical (unpaired) electrons. The van der Waals surface area contributed by atoms with Gasteiger partial charge in [0.1, 0.15) is 0 Å². The number of sulfonamides is 1. The smallest absolute Gasteiger partial charge is 0.335 e. The fourth-order valence-electron chi connectivity index (χ4n) is 1.66. The summed E-state index contributed by atoms with van der Waals surface area (Å²) in [6.07, 6.45) is 0. The Morgan fingerprint density at radius 3 is 2.67 bits per heavy atom. The number of benzene rings is 1. The highest BCUT2D eigenvalue weighted by Gasteiger charge is 2.20. The zero-order valence-corrected chi connectivity index (χ0v) is 14.2. The van der Waals surface area contributed by atoms with Crippen molar-refractivity contribution in [3.05, 3.63) is 50.1 Å². The number of thiophene rings is 1. The number of hydrogen-bond acceptors (Lipinski definition) is 4. The van der Waals surface area contributed by atoms with Gasteiger partial charge in [-0.05, 0) is 62.9 Å². The van der Waals surface area contributed by atoms with E-state index in [0.29, 0.717) is 4.47 Å². The normalized spacial score (nSPS) is 11.5. The Labute approximate surface area is 134 Å². The van der Waals surface area contributed by atoms with E-state index in [2.05, 4.69) is 20.7 Å². The van der Waals surface area contributed by atoms with Gasteiger partial charge in [-0.1, -0.05) is 0 Å². The molecule has 0 aliphatic carbocycles. The van der Waals surface area contributed by atoms with Crippen LogP contribution >= 0.6 is 27.3 Å². The Balaban J connectivity index is 2.29. The number of hydrogen-bond donors (Lipinski definition) is 2. The maximum atomic E-state index is 12.3. The third kappa shape index (κ3) is 3.70. The Morgan fingerprint density at radius 2 is 2.10 bits per heavy atom. The zero-order valence-electron chi connectivity index (χ0n) is 11.0. The number of carbonyl (C=O) groups is 1. The van der Waals surface area contributed by atoms with Crippen molar-refractivity contribution in [1.82, 2.24) is 4.72 Å². The molecule has 2 N–H and O–H groups in total. The zero-order chi connectivity index (χ0) is 15.6. The molecule has 0 spiro atoms. The van der Waals surface area contributed by atoms with E-state index in [4.69, 9.17) is 5.11 Å². The molecule has 2 rings (SSSR count). The molecular weight excluding hydrogens is 378 g/mol. The third-order valence-electron chi connectivity index (χ3n) is 2.88. The van der Waals surface area contributed by atoms with Crippen LogP contribution in [0.3, 0.4) is 0 Å². The summed E-state index contributed by atoms with van der Waals surface area (Å²) in [5.41, 5.74) is 1.83. The van der Waals surface area contributed by atoms with Gasteiger partial charge < -0.3 is 5.11 Å². The average molecular weight is 390 g/mol. The van der Waals surface area contributed by atoms with Crippen molar-refractivity contribution in [2.24, 2.45) is 0 Å². The summed E-state index contributed by atoms with van der Waals surface area (Å²) in [6, 6.07) is 3.89. The van der Waals surface area contributed by atoms with Crippen molar-refractivity contribution in [3.63, 3.8) is 0 Å². The molecule has 0 atom stereocenters. The molecule has 0 aliphatic rings. The van der Waals surface area contributed by atoms with Gasteiger partial charge in [-0.25, -0.2) is 17.9 Å². The maximum absolute atomic E-state index is 12.3. The number of halogens is 1. The Bertz CT molecular complexity index is 783. The van der Waals surface area contributed by atoms with E-state index in [1.54, 1.807) is 0 Å². The molecule has 0 saturated heterocycles. The largest absolute Gasteiger partial charge is 0.478 e. The minimum atomic E-state index is -3.80. The monoisotopic (exact) mass is 389 g/mol. The first-order valence-corrected chi connectivity index (χ1v) is 9.07. The predicted molar refractivity (Wildman–Crippen MR) is 84.2 cm³/mol. The summed E-state index contributed by atoms with van der Waals surface area (Å²) in [6.45, 7) is 2.07. The lowest BCUT2D eigenvalue weighted by Gasteiger charge is -2.09. The molecule has 0 aliphatic heterocycles. The number of carboxylic acid groups (broad SMARTS) is 1. The van der Waals surface area contributed by atoms with Crippen molar-refractivity contribution >= 4 is 43.3 Å². The number of rotatable bonds is 5. The van der Waals surface area contributed by atoms with Gasteiger partial charge >= 0.3 is 5.97 Å². The third-order valence-corrected chi connectivity index (χ3v) is 6.19. The second kappa shape index (κ2) is 6.27. The lowest BCUT2D eigenvalue weighted by atomic mass is 10.2. The van der Waals surface area contributed by atoms with Gasteiger partial charge in [0.2, 0.25) is 10.0 Å². The first-order valence-electron chi connectivity index (χ1n) is 5.85. The quantitative estimate of drug-likeness (QED) is 0.822. The molecule has 0 saturated carbocycles. The van der Waals surface area contributed by atoms with E-state index < -0.39 is 16.0 Å². The Kier molecular flexibility index (Phi) is 4.82. The molecule has 2 aromatic rings. The highest BCUT2D eigenvalue weighted by molar-refractivity contribution is 9.10. The van der Waals surface area contributed by atoms with Crippen molar-refractivity contribution in [1.29, 1.82) is 0 Å². The molecular formula is C13H12BrNO4S2. The molecule has 8 heteroatoms. The predicted octanol–water partition coefficient (Wildman–Crippen LogP) is 3.00. The topological polar surface area (TPSA) is 83.5 Å². The van der Waals surface area contributed by atoms with Gasteiger partial charge in [-0.15, -0.1) is 0 Å². The first kappa shape index (κ1) is 16.2. The molecule has 1 heterocycles. The molecule has 0 unspecified atom stereocenters. The van der Waals surface area contributed by atoms with Gasteiger partial charge in [-0.2, -0.15) is 11.3 Å². The number of aromatic carboxylic acids is 1. The van der Waals surface area contributed by atoms with E-state index in [9.17, 15) is 13.2 Å². The molecule has 1 aromatic heterocycles. The lowest BCUT2D eigenvalue weighted by molar-refractivity contribution is 0.0696.